The van der Waals surface area contributed by atoms with Crippen LogP contribution in [0.2, 0.25) is 0 Å². The summed E-state index contributed by atoms with van der Waals surface area (Å²) < 4.78 is 0. The number of nitrogen functional groups attached to an aromatic ring is 1. The molecular weight excluding hydrogens is 266 g/mol. The summed E-state index contributed by atoms with van der Waals surface area (Å²) in [6, 6.07) is 10.5. The smallest absolute Gasteiger partial charge is 0.142 e. The summed E-state index contributed by atoms with van der Waals surface area (Å²) in [5.74, 6) is 0.335. The predicted molar refractivity (Wildman–Crippen MR) is 78.0 cm³/mol. The van der Waals surface area contributed by atoms with Gasteiger partial charge in [-0.25, -0.2) is 9.97 Å². The number of nitriles is 1. The molecule has 0 unspecified atom stereocenters. The first-order valence-corrected chi connectivity index (χ1v) is 6.18. The van der Waals surface area contributed by atoms with Crippen LogP contribution in [0.4, 0.5) is 5.82 Å². The molecule has 0 amide bonds. The number of phenols is 1. The van der Waals surface area contributed by atoms with Crippen molar-refractivity contribution in [1.82, 2.24) is 15.0 Å². The largest absolute Gasteiger partial charge is 0.508 e. The highest BCUT2D eigenvalue weighted by Gasteiger charge is 2.14. The van der Waals surface area contributed by atoms with E-state index >= 15 is 0 Å². The van der Waals surface area contributed by atoms with Crippen molar-refractivity contribution in [3.8, 4) is 34.3 Å². The number of benzene rings is 1. The van der Waals surface area contributed by atoms with Crippen LogP contribution in [-0.2, 0) is 0 Å². The molecule has 2 heterocycles. The Kier molecular flexibility index (Phi) is 3.01. The molecule has 3 rings (SSSR count). The predicted octanol–water partition coefficient (Wildman–Crippen LogP) is 2.30. The molecule has 0 saturated heterocycles. The Balaban J connectivity index is 2.21. The van der Waals surface area contributed by atoms with Crippen LogP contribution in [0.5, 0.6) is 5.75 Å². The second-order valence-corrected chi connectivity index (χ2v) is 4.44. The van der Waals surface area contributed by atoms with E-state index in [4.69, 9.17) is 5.73 Å². The lowest BCUT2D eigenvalue weighted by Gasteiger charge is -2.08. The van der Waals surface area contributed by atoms with Crippen molar-refractivity contribution >= 4 is 5.82 Å². The molecule has 0 aliphatic carbocycles. The first-order valence-electron chi connectivity index (χ1n) is 6.18. The minimum absolute atomic E-state index is 0.160. The Morgan fingerprint density at radius 3 is 2.62 bits per heavy atom. The second-order valence-electron chi connectivity index (χ2n) is 4.44. The number of phenolic OH excluding ortho intramolecular Hbond substituents is 1. The zero-order chi connectivity index (χ0) is 14.8. The van der Waals surface area contributed by atoms with Crippen LogP contribution in [0.25, 0.3) is 22.5 Å². The second kappa shape index (κ2) is 4.98. The molecule has 4 N–H and O–H groups in total. The fraction of sp³-hybridized carbons (Fsp3) is 0. The minimum atomic E-state index is 0.160. The van der Waals surface area contributed by atoms with Crippen molar-refractivity contribution in [2.45, 2.75) is 0 Å². The minimum Gasteiger partial charge on any atom is -0.508 e. The number of aromatic nitrogens is 3. The zero-order valence-corrected chi connectivity index (χ0v) is 10.9. The first-order chi connectivity index (χ1) is 10.2. The molecular formula is C15H11N5O. The van der Waals surface area contributed by atoms with Gasteiger partial charge in [-0.1, -0.05) is 0 Å². The summed E-state index contributed by atoms with van der Waals surface area (Å²) in [5, 5.41) is 18.6. The molecule has 0 aliphatic heterocycles. The Bertz CT molecular complexity index is 817. The molecule has 0 saturated carbocycles. The highest BCUT2D eigenvalue weighted by Crippen LogP contribution is 2.30. The number of aromatic amines is 1. The lowest BCUT2D eigenvalue weighted by Crippen LogP contribution is -1.99. The van der Waals surface area contributed by atoms with E-state index in [1.165, 1.54) is 6.33 Å². The average Bonchev–Trinajstić information content (AvgIpc) is 3.01. The van der Waals surface area contributed by atoms with Crippen molar-refractivity contribution < 1.29 is 5.11 Å². The van der Waals surface area contributed by atoms with Gasteiger partial charge in [-0.15, -0.1) is 0 Å². The van der Waals surface area contributed by atoms with Crippen molar-refractivity contribution in [2.24, 2.45) is 0 Å². The number of aromatic hydroxyl groups is 1. The van der Waals surface area contributed by atoms with Gasteiger partial charge >= 0.3 is 0 Å². The summed E-state index contributed by atoms with van der Waals surface area (Å²) in [5.41, 5.74) is 8.95. The number of hydrogen-bond acceptors (Lipinski definition) is 5. The number of nitrogens with two attached hydrogens (primary N) is 1. The van der Waals surface area contributed by atoms with E-state index in [-0.39, 0.29) is 11.6 Å². The molecule has 0 spiro atoms. The maximum atomic E-state index is 9.34. The summed E-state index contributed by atoms with van der Waals surface area (Å²) in [4.78, 5) is 11.2. The summed E-state index contributed by atoms with van der Waals surface area (Å²) in [6.45, 7) is 0. The van der Waals surface area contributed by atoms with Crippen LogP contribution >= 0.6 is 0 Å². The number of pyridine rings is 1. The topological polar surface area (TPSA) is 112 Å². The average molecular weight is 277 g/mol. The molecule has 6 nitrogen and oxygen atoms in total. The van der Waals surface area contributed by atoms with Crippen molar-refractivity contribution in [3.63, 3.8) is 0 Å². The van der Waals surface area contributed by atoms with E-state index in [0.29, 0.717) is 22.5 Å². The summed E-state index contributed by atoms with van der Waals surface area (Å²) in [7, 11) is 0. The zero-order valence-electron chi connectivity index (χ0n) is 10.9. The van der Waals surface area contributed by atoms with Gasteiger partial charge in [0.15, 0.2) is 0 Å². The third-order valence-electron chi connectivity index (χ3n) is 3.11. The van der Waals surface area contributed by atoms with Gasteiger partial charge in [0.2, 0.25) is 0 Å². The third-order valence-corrected chi connectivity index (χ3v) is 3.11. The normalized spacial score (nSPS) is 10.2. The van der Waals surface area contributed by atoms with Gasteiger partial charge in [-0.05, 0) is 30.3 Å². The van der Waals surface area contributed by atoms with Crippen LogP contribution in [0.1, 0.15) is 5.56 Å². The number of anilines is 1. The quantitative estimate of drug-likeness (QED) is 0.665. The number of rotatable bonds is 2. The molecule has 0 fully saturated rings. The maximum absolute atomic E-state index is 9.34. The molecule has 21 heavy (non-hydrogen) atoms. The van der Waals surface area contributed by atoms with Gasteiger partial charge in [-0.2, -0.15) is 5.26 Å². The Morgan fingerprint density at radius 1 is 1.24 bits per heavy atom. The lowest BCUT2D eigenvalue weighted by atomic mass is 10.0. The van der Waals surface area contributed by atoms with Gasteiger partial charge in [0, 0.05) is 11.1 Å². The molecule has 0 radical (unpaired) electrons. The number of nitrogens with one attached hydrogen (secondary N) is 1. The van der Waals surface area contributed by atoms with E-state index < -0.39 is 0 Å². The Morgan fingerprint density at radius 2 is 2.00 bits per heavy atom. The van der Waals surface area contributed by atoms with E-state index in [1.54, 1.807) is 36.5 Å². The third kappa shape index (κ3) is 2.28. The van der Waals surface area contributed by atoms with E-state index in [2.05, 4.69) is 21.0 Å². The van der Waals surface area contributed by atoms with E-state index in [1.807, 2.05) is 0 Å². The van der Waals surface area contributed by atoms with E-state index in [9.17, 15) is 10.4 Å². The van der Waals surface area contributed by atoms with Crippen LogP contribution < -0.4 is 5.73 Å². The molecule has 3 aromatic rings. The molecule has 1 aromatic carbocycles. The highest BCUT2D eigenvalue weighted by atomic mass is 16.3. The van der Waals surface area contributed by atoms with Gasteiger partial charge in [0.25, 0.3) is 0 Å². The van der Waals surface area contributed by atoms with Crippen LogP contribution in [0.3, 0.4) is 0 Å². The lowest BCUT2D eigenvalue weighted by molar-refractivity contribution is 0.475. The molecule has 0 aliphatic rings. The summed E-state index contributed by atoms with van der Waals surface area (Å²) in [6.07, 6.45) is 3.16. The fourth-order valence-electron chi connectivity index (χ4n) is 2.08. The summed E-state index contributed by atoms with van der Waals surface area (Å²) >= 11 is 0. The van der Waals surface area contributed by atoms with Gasteiger partial charge in [-0.3, -0.25) is 0 Å². The SMILES string of the molecule is N#Cc1c(-c2cnc[nH]2)cc(-c2ccc(O)cc2)nc1N. The number of imidazole rings is 1. The number of hydrogen-bond donors (Lipinski definition) is 3. The molecule has 0 bridgehead atoms. The van der Waals surface area contributed by atoms with Gasteiger partial charge in [0.05, 0.1) is 23.9 Å². The molecule has 102 valence electrons. The van der Waals surface area contributed by atoms with Crippen LogP contribution in [0, 0.1) is 11.3 Å². The van der Waals surface area contributed by atoms with Gasteiger partial charge in [0.1, 0.15) is 23.2 Å². The van der Waals surface area contributed by atoms with Crippen molar-refractivity contribution in [1.29, 1.82) is 5.26 Å². The Hall–Kier alpha value is -3.33. The van der Waals surface area contributed by atoms with Crippen LogP contribution in [-0.4, -0.2) is 20.1 Å². The number of nitrogens with zero attached hydrogens (tertiary/aromatic N) is 3. The monoisotopic (exact) mass is 277 g/mol. The highest BCUT2D eigenvalue weighted by molar-refractivity contribution is 5.78. The molecule has 6 heteroatoms. The molecule has 0 atom stereocenters. The standard InChI is InChI=1S/C15H11N5O/c16-6-12-11(14-7-18-8-19-14)5-13(20-15(12)17)9-1-3-10(21)4-2-9/h1-5,7-8,21H,(H2,17,20)(H,18,19). The van der Waals surface area contributed by atoms with Crippen molar-refractivity contribution in [3.05, 3.63) is 48.4 Å². The van der Waals surface area contributed by atoms with Crippen LogP contribution in [0.15, 0.2) is 42.9 Å². The Labute approximate surface area is 120 Å². The van der Waals surface area contributed by atoms with Crippen molar-refractivity contribution in [2.75, 3.05) is 5.73 Å². The molecule has 2 aromatic heterocycles. The fourth-order valence-corrected chi connectivity index (χ4v) is 2.08. The number of H-pyrrole nitrogens is 1. The van der Waals surface area contributed by atoms with E-state index in [0.717, 1.165) is 5.56 Å². The maximum Gasteiger partial charge on any atom is 0.142 e. The first kappa shape index (κ1) is 12.7. The van der Waals surface area contributed by atoms with Gasteiger partial charge < -0.3 is 15.8 Å².